The molecule has 1 aromatic rings. The number of fused-ring (bicyclic) bond motifs is 1. The molecule has 176 valence electrons. The second-order valence-corrected chi connectivity index (χ2v) is 17.5. The van der Waals surface area contributed by atoms with Crippen molar-refractivity contribution in [1.29, 1.82) is 4.78 Å². The van der Waals surface area contributed by atoms with Crippen molar-refractivity contribution in [2.45, 2.75) is 102 Å². The summed E-state index contributed by atoms with van der Waals surface area (Å²) in [5.41, 5.74) is 0.341. The van der Waals surface area contributed by atoms with Gasteiger partial charge >= 0.3 is 0 Å². The van der Waals surface area contributed by atoms with Crippen molar-refractivity contribution in [2.75, 3.05) is 5.75 Å². The number of nitrogens with one attached hydrogen (secondary N) is 1. The van der Waals surface area contributed by atoms with Gasteiger partial charge in [-0.05, 0) is 85.5 Å². The Hall–Kier alpha value is -0.653. The zero-order valence-electron chi connectivity index (χ0n) is 20.5. The van der Waals surface area contributed by atoms with Crippen LogP contribution in [0, 0.1) is 27.9 Å². The molecule has 5 heteroatoms. The molecule has 6 atom stereocenters. The van der Waals surface area contributed by atoms with Gasteiger partial charge in [0.15, 0.2) is 8.32 Å². The Morgan fingerprint density at radius 2 is 1.77 bits per heavy atom. The third-order valence-electron chi connectivity index (χ3n) is 9.14. The lowest BCUT2D eigenvalue weighted by Crippen LogP contribution is -2.48. The normalized spacial score (nSPS) is 31.7. The van der Waals surface area contributed by atoms with E-state index in [2.05, 4.69) is 34.6 Å². The molecule has 0 heterocycles. The fourth-order valence-corrected chi connectivity index (χ4v) is 11.3. The van der Waals surface area contributed by atoms with Crippen LogP contribution in [0.3, 0.4) is 0 Å². The fourth-order valence-electron chi connectivity index (χ4n) is 6.87. The molecule has 0 aliphatic heterocycles. The van der Waals surface area contributed by atoms with E-state index in [0.29, 0.717) is 39.9 Å². The minimum atomic E-state index is -2.70. The second kappa shape index (κ2) is 10.1. The molecule has 3 nitrogen and oxygen atoms in total. The van der Waals surface area contributed by atoms with Gasteiger partial charge in [0.1, 0.15) is 0 Å². The van der Waals surface area contributed by atoms with Gasteiger partial charge in [0.05, 0.1) is 9.73 Å². The van der Waals surface area contributed by atoms with Crippen LogP contribution >= 0.6 is 0 Å². The lowest BCUT2D eigenvalue weighted by Gasteiger charge is -2.49. The smallest absolute Gasteiger partial charge is 0.192 e. The van der Waals surface area contributed by atoms with E-state index in [0.717, 1.165) is 6.42 Å². The minimum absolute atomic E-state index is 0.341. The molecule has 0 amide bonds. The summed E-state index contributed by atoms with van der Waals surface area (Å²) in [5, 5.41) is 0. The number of hydrogen-bond donors (Lipinski definition) is 1. The summed E-state index contributed by atoms with van der Waals surface area (Å²) in [4.78, 5) is 0.684. The van der Waals surface area contributed by atoms with Crippen LogP contribution in [0.5, 0.6) is 0 Å². The molecule has 2 fully saturated rings. The van der Waals surface area contributed by atoms with Gasteiger partial charge in [0.25, 0.3) is 0 Å². The van der Waals surface area contributed by atoms with Gasteiger partial charge in [-0.15, -0.1) is 0 Å². The molecule has 0 bridgehead atoms. The summed E-state index contributed by atoms with van der Waals surface area (Å²) in [6.45, 7) is 11.9. The molecule has 1 aromatic carbocycles. The van der Waals surface area contributed by atoms with Crippen LogP contribution in [-0.2, 0) is 14.2 Å². The summed E-state index contributed by atoms with van der Waals surface area (Å²) < 4.78 is 28.6. The highest BCUT2D eigenvalue weighted by atomic mass is 32.2. The molecule has 31 heavy (non-hydrogen) atoms. The van der Waals surface area contributed by atoms with Crippen molar-refractivity contribution in [3.05, 3.63) is 30.3 Å². The first kappa shape index (κ1) is 25.0. The Balaban J connectivity index is 1.68. The highest BCUT2D eigenvalue weighted by molar-refractivity contribution is 7.92. The average molecular weight is 464 g/mol. The third-order valence-corrected chi connectivity index (χ3v) is 15.7. The van der Waals surface area contributed by atoms with Crippen LogP contribution in [0.25, 0.3) is 0 Å². The van der Waals surface area contributed by atoms with Gasteiger partial charge in [-0.3, -0.25) is 0 Å². The molecule has 2 saturated carbocycles. The number of benzene rings is 1. The molecular weight excluding hydrogens is 418 g/mol. The molecule has 2 aliphatic carbocycles. The van der Waals surface area contributed by atoms with E-state index in [4.69, 9.17) is 9.21 Å². The summed E-state index contributed by atoms with van der Waals surface area (Å²) in [6.07, 6.45) is 7.71. The Morgan fingerprint density at radius 3 is 2.39 bits per heavy atom. The zero-order valence-corrected chi connectivity index (χ0v) is 22.3. The molecule has 0 spiro atoms. The van der Waals surface area contributed by atoms with Crippen LogP contribution < -0.4 is 0 Å². The van der Waals surface area contributed by atoms with Crippen molar-refractivity contribution in [1.82, 2.24) is 0 Å². The monoisotopic (exact) mass is 463 g/mol. The molecule has 1 unspecified atom stereocenters. The standard InChI is InChI=1S/C26H45NO2SSi/c1-6-31(7-2,8-3)29-25-15-12-19-26(5)23(16-17-24(25)26)21(4)18-20-30(27,28)22-13-10-9-11-14-22/h9-11,13-14,21,23-25,27H,6-8,12,15-20H2,1-5H3/t21-,23-,24+,25+,26-,30?/m1/s1. The average Bonchev–Trinajstić information content (AvgIpc) is 3.14. The lowest BCUT2D eigenvalue weighted by molar-refractivity contribution is -0.0196. The summed E-state index contributed by atoms with van der Waals surface area (Å²) in [6, 6.07) is 13.1. The topological polar surface area (TPSA) is 50.1 Å². The largest absolute Gasteiger partial charge is 0.414 e. The maximum absolute atomic E-state index is 13.0. The van der Waals surface area contributed by atoms with Crippen molar-refractivity contribution < 1.29 is 8.63 Å². The van der Waals surface area contributed by atoms with E-state index < -0.39 is 18.0 Å². The van der Waals surface area contributed by atoms with Crippen LogP contribution in [0.15, 0.2) is 35.2 Å². The zero-order chi connectivity index (χ0) is 22.7. The van der Waals surface area contributed by atoms with Crippen LogP contribution in [0.1, 0.15) is 73.1 Å². The van der Waals surface area contributed by atoms with Crippen molar-refractivity contribution in [3.63, 3.8) is 0 Å². The van der Waals surface area contributed by atoms with Crippen LogP contribution in [0.2, 0.25) is 18.1 Å². The summed E-state index contributed by atoms with van der Waals surface area (Å²) in [7, 11) is -4.29. The lowest BCUT2D eigenvalue weighted by atomic mass is 9.61. The molecular formula is C26H45NO2SSi. The fraction of sp³-hybridized carbons (Fsp3) is 0.769. The van der Waals surface area contributed by atoms with Crippen LogP contribution in [0.4, 0.5) is 0 Å². The first-order chi connectivity index (χ1) is 14.7. The van der Waals surface area contributed by atoms with Gasteiger partial charge in [-0.2, -0.15) is 0 Å². The van der Waals surface area contributed by atoms with E-state index >= 15 is 0 Å². The van der Waals surface area contributed by atoms with E-state index in [9.17, 15) is 4.21 Å². The van der Waals surface area contributed by atoms with Gasteiger partial charge < -0.3 is 4.43 Å². The number of hydrogen-bond acceptors (Lipinski definition) is 3. The predicted molar refractivity (Wildman–Crippen MR) is 134 cm³/mol. The van der Waals surface area contributed by atoms with E-state index in [1.165, 1.54) is 50.2 Å². The Morgan fingerprint density at radius 1 is 1.13 bits per heavy atom. The predicted octanol–water partition coefficient (Wildman–Crippen LogP) is 7.73. The first-order valence-corrected chi connectivity index (χ1v) is 17.0. The van der Waals surface area contributed by atoms with Crippen LogP contribution in [-0.4, -0.2) is 24.4 Å². The Bertz CT molecular complexity index is 800. The highest BCUT2D eigenvalue weighted by Gasteiger charge is 2.53. The summed E-state index contributed by atoms with van der Waals surface area (Å²) >= 11 is 0. The molecule has 2 aliphatic rings. The minimum Gasteiger partial charge on any atom is -0.414 e. The van der Waals surface area contributed by atoms with Crippen molar-refractivity contribution in [3.8, 4) is 0 Å². The van der Waals surface area contributed by atoms with Crippen molar-refractivity contribution in [2.24, 2.45) is 23.2 Å². The second-order valence-electron chi connectivity index (χ2n) is 10.5. The molecule has 0 radical (unpaired) electrons. The van der Waals surface area contributed by atoms with E-state index in [-0.39, 0.29) is 0 Å². The number of rotatable bonds is 10. The van der Waals surface area contributed by atoms with Gasteiger partial charge in [0, 0.05) is 16.8 Å². The maximum Gasteiger partial charge on any atom is 0.192 e. The maximum atomic E-state index is 13.0. The Kier molecular flexibility index (Phi) is 8.13. The molecule has 1 N–H and O–H groups in total. The van der Waals surface area contributed by atoms with Crippen molar-refractivity contribution >= 4 is 18.0 Å². The quantitative estimate of drug-likeness (QED) is 0.361. The van der Waals surface area contributed by atoms with Gasteiger partial charge in [-0.1, -0.05) is 59.2 Å². The van der Waals surface area contributed by atoms with Gasteiger partial charge in [0.2, 0.25) is 0 Å². The third kappa shape index (κ3) is 5.14. The molecule has 3 rings (SSSR count). The Labute approximate surface area is 192 Å². The van der Waals surface area contributed by atoms with E-state index in [1.54, 1.807) is 0 Å². The summed E-state index contributed by atoms with van der Waals surface area (Å²) in [5.74, 6) is 2.33. The van der Waals surface area contributed by atoms with E-state index in [1.807, 2.05) is 30.3 Å². The SMILES string of the molecule is CC[Si](CC)(CC)O[C@H]1CCC[C@]2(C)[C@@H]([C@H](C)CCS(=N)(=O)c3ccccc3)CC[C@@H]12. The molecule has 0 saturated heterocycles. The molecule has 0 aromatic heterocycles. The highest BCUT2D eigenvalue weighted by Crippen LogP contribution is 2.59. The first-order valence-electron chi connectivity index (χ1n) is 12.7. The van der Waals surface area contributed by atoms with Gasteiger partial charge in [-0.25, -0.2) is 8.99 Å².